The van der Waals surface area contributed by atoms with Gasteiger partial charge in [0, 0.05) is 12.8 Å². The fourth-order valence-electron chi connectivity index (χ4n) is 2.14. The molecule has 2 rings (SSSR count). The first kappa shape index (κ1) is 19.0. The average molecular weight is 355 g/mol. The van der Waals surface area contributed by atoms with Gasteiger partial charge in [-0.15, -0.1) is 0 Å². The van der Waals surface area contributed by atoms with Crippen LogP contribution < -0.4 is 20.2 Å². The van der Waals surface area contributed by atoms with Crippen molar-refractivity contribution >= 4 is 23.7 Å². The van der Waals surface area contributed by atoms with Crippen molar-refractivity contribution in [2.24, 2.45) is 5.10 Å². The second-order valence-corrected chi connectivity index (χ2v) is 5.32. The zero-order valence-corrected chi connectivity index (χ0v) is 14.7. The molecule has 2 aromatic rings. The standard InChI is InChI=1S/C19H21N3O4/c1-25-15-7-5-6-14(12-15)13-20-22-19(24)11-10-18(23)21-16-8-3-4-9-17(16)26-2/h3-9,12-13H,10-11H2,1-2H3,(H,21,23)(H,22,24)/b20-13+. The molecule has 26 heavy (non-hydrogen) atoms. The normalized spacial score (nSPS) is 10.4. The molecule has 0 unspecified atom stereocenters. The third-order valence-electron chi connectivity index (χ3n) is 3.46. The molecule has 0 saturated heterocycles. The zero-order valence-electron chi connectivity index (χ0n) is 14.7. The minimum atomic E-state index is -0.348. The first-order chi connectivity index (χ1) is 12.6. The van der Waals surface area contributed by atoms with Gasteiger partial charge in [0.15, 0.2) is 0 Å². The topological polar surface area (TPSA) is 89.0 Å². The van der Waals surface area contributed by atoms with E-state index >= 15 is 0 Å². The summed E-state index contributed by atoms with van der Waals surface area (Å²) in [4.78, 5) is 23.7. The minimum Gasteiger partial charge on any atom is -0.497 e. The monoisotopic (exact) mass is 355 g/mol. The summed E-state index contributed by atoms with van der Waals surface area (Å²) < 4.78 is 10.3. The van der Waals surface area contributed by atoms with Crippen LogP contribution in [0.3, 0.4) is 0 Å². The molecule has 2 amide bonds. The van der Waals surface area contributed by atoms with E-state index in [1.807, 2.05) is 24.3 Å². The molecule has 0 aromatic heterocycles. The minimum absolute atomic E-state index is 0.0242. The fraction of sp³-hybridized carbons (Fsp3) is 0.211. The van der Waals surface area contributed by atoms with Crippen LogP contribution in [0.15, 0.2) is 53.6 Å². The summed E-state index contributed by atoms with van der Waals surface area (Å²) in [6.45, 7) is 0. The molecule has 0 radical (unpaired) electrons. The first-order valence-corrected chi connectivity index (χ1v) is 8.01. The summed E-state index contributed by atoms with van der Waals surface area (Å²) in [7, 11) is 3.10. The van der Waals surface area contributed by atoms with Crippen LogP contribution in [0.1, 0.15) is 18.4 Å². The number of nitrogens with zero attached hydrogens (tertiary/aromatic N) is 1. The van der Waals surface area contributed by atoms with Crippen molar-refractivity contribution in [3.8, 4) is 11.5 Å². The van der Waals surface area contributed by atoms with E-state index in [1.165, 1.54) is 13.3 Å². The van der Waals surface area contributed by atoms with E-state index in [9.17, 15) is 9.59 Å². The molecule has 2 N–H and O–H groups in total. The third kappa shape index (κ3) is 5.94. The van der Waals surface area contributed by atoms with Crippen molar-refractivity contribution in [3.63, 3.8) is 0 Å². The number of anilines is 1. The summed E-state index contributed by atoms with van der Waals surface area (Å²) in [5.41, 5.74) is 3.75. The molecular formula is C19H21N3O4. The number of ether oxygens (including phenoxy) is 2. The van der Waals surface area contributed by atoms with Crippen LogP contribution >= 0.6 is 0 Å². The van der Waals surface area contributed by atoms with Crippen LogP contribution in [0.4, 0.5) is 5.69 Å². The van der Waals surface area contributed by atoms with Crippen LogP contribution in [0.2, 0.25) is 0 Å². The second kappa shape index (κ2) is 9.83. The van der Waals surface area contributed by atoms with E-state index in [-0.39, 0.29) is 24.7 Å². The van der Waals surface area contributed by atoms with Crippen LogP contribution in [0.5, 0.6) is 11.5 Å². The molecule has 0 aliphatic carbocycles. The maximum Gasteiger partial charge on any atom is 0.240 e. The van der Waals surface area contributed by atoms with Gasteiger partial charge in [0.25, 0.3) is 0 Å². The molecule has 0 aliphatic rings. The number of nitrogens with one attached hydrogen (secondary N) is 2. The molecule has 7 nitrogen and oxygen atoms in total. The molecule has 0 aliphatic heterocycles. The highest BCUT2D eigenvalue weighted by molar-refractivity contribution is 5.94. The van der Waals surface area contributed by atoms with Crippen molar-refractivity contribution < 1.29 is 19.1 Å². The number of carbonyl (C=O) groups excluding carboxylic acids is 2. The number of hydrogen-bond donors (Lipinski definition) is 2. The Kier molecular flexibility index (Phi) is 7.17. The van der Waals surface area contributed by atoms with E-state index in [4.69, 9.17) is 9.47 Å². The van der Waals surface area contributed by atoms with Gasteiger partial charge in [-0.25, -0.2) is 5.43 Å². The number of amides is 2. The molecule has 0 heterocycles. The van der Waals surface area contributed by atoms with Gasteiger partial charge in [0.2, 0.25) is 11.8 Å². The van der Waals surface area contributed by atoms with Gasteiger partial charge >= 0.3 is 0 Å². The summed E-state index contributed by atoms with van der Waals surface area (Å²) in [6.07, 6.45) is 1.57. The smallest absolute Gasteiger partial charge is 0.240 e. The Labute approximate surface area is 152 Å². The molecular weight excluding hydrogens is 334 g/mol. The average Bonchev–Trinajstić information content (AvgIpc) is 2.67. The highest BCUT2D eigenvalue weighted by Crippen LogP contribution is 2.23. The van der Waals surface area contributed by atoms with Crippen LogP contribution in [-0.2, 0) is 9.59 Å². The SMILES string of the molecule is COc1cccc(/C=N/NC(=O)CCC(=O)Nc2ccccc2OC)c1. The Bertz CT molecular complexity index is 790. The van der Waals surface area contributed by atoms with Crippen LogP contribution in [-0.4, -0.2) is 32.2 Å². The van der Waals surface area contributed by atoms with E-state index in [0.717, 1.165) is 5.56 Å². The summed E-state index contributed by atoms with van der Waals surface area (Å²) in [5.74, 6) is 0.641. The largest absolute Gasteiger partial charge is 0.497 e. The third-order valence-corrected chi connectivity index (χ3v) is 3.46. The van der Waals surface area contributed by atoms with E-state index in [0.29, 0.717) is 17.2 Å². The lowest BCUT2D eigenvalue weighted by molar-refractivity contribution is -0.124. The number of benzene rings is 2. The summed E-state index contributed by atoms with van der Waals surface area (Å²) >= 11 is 0. The van der Waals surface area contributed by atoms with Crippen molar-refractivity contribution in [1.29, 1.82) is 0 Å². The Balaban J connectivity index is 1.77. The van der Waals surface area contributed by atoms with Crippen molar-refractivity contribution in [1.82, 2.24) is 5.43 Å². The number of rotatable bonds is 8. The number of para-hydroxylation sites is 2. The van der Waals surface area contributed by atoms with Gasteiger partial charge < -0.3 is 14.8 Å². The molecule has 0 spiro atoms. The van der Waals surface area contributed by atoms with Gasteiger partial charge in [0.1, 0.15) is 11.5 Å². The second-order valence-electron chi connectivity index (χ2n) is 5.32. The predicted octanol–water partition coefficient (Wildman–Crippen LogP) is 2.57. The molecule has 0 bridgehead atoms. The van der Waals surface area contributed by atoms with Gasteiger partial charge in [-0.1, -0.05) is 24.3 Å². The Morgan fingerprint density at radius 1 is 1.00 bits per heavy atom. The number of methoxy groups -OCH3 is 2. The Morgan fingerprint density at radius 2 is 1.77 bits per heavy atom. The van der Waals surface area contributed by atoms with E-state index in [1.54, 1.807) is 31.4 Å². The molecule has 2 aromatic carbocycles. The van der Waals surface area contributed by atoms with Gasteiger partial charge in [-0.2, -0.15) is 5.10 Å². The quantitative estimate of drug-likeness (QED) is 0.563. The lowest BCUT2D eigenvalue weighted by Crippen LogP contribution is -2.20. The lowest BCUT2D eigenvalue weighted by atomic mass is 10.2. The molecule has 136 valence electrons. The number of hydrazone groups is 1. The highest BCUT2D eigenvalue weighted by Gasteiger charge is 2.09. The van der Waals surface area contributed by atoms with E-state index < -0.39 is 0 Å². The first-order valence-electron chi connectivity index (χ1n) is 8.01. The highest BCUT2D eigenvalue weighted by atomic mass is 16.5. The number of hydrogen-bond acceptors (Lipinski definition) is 5. The molecule has 0 atom stereocenters. The maximum atomic E-state index is 12.0. The van der Waals surface area contributed by atoms with Crippen LogP contribution in [0.25, 0.3) is 0 Å². The van der Waals surface area contributed by atoms with Crippen molar-refractivity contribution in [3.05, 3.63) is 54.1 Å². The zero-order chi connectivity index (χ0) is 18.8. The van der Waals surface area contributed by atoms with Crippen molar-refractivity contribution in [2.75, 3.05) is 19.5 Å². The Hall–Kier alpha value is -3.35. The Morgan fingerprint density at radius 3 is 2.54 bits per heavy atom. The van der Waals surface area contributed by atoms with Gasteiger partial charge in [-0.05, 0) is 29.8 Å². The lowest BCUT2D eigenvalue weighted by Gasteiger charge is -2.09. The molecule has 7 heteroatoms. The molecule has 0 fully saturated rings. The fourth-order valence-corrected chi connectivity index (χ4v) is 2.14. The predicted molar refractivity (Wildman–Crippen MR) is 99.6 cm³/mol. The van der Waals surface area contributed by atoms with E-state index in [2.05, 4.69) is 15.8 Å². The van der Waals surface area contributed by atoms with Crippen molar-refractivity contribution in [2.45, 2.75) is 12.8 Å². The summed E-state index contributed by atoms with van der Waals surface area (Å²) in [5, 5.41) is 6.59. The maximum absolute atomic E-state index is 12.0. The van der Waals surface area contributed by atoms with Gasteiger partial charge in [-0.3, -0.25) is 9.59 Å². The summed E-state index contributed by atoms with van der Waals surface area (Å²) in [6, 6.07) is 14.3. The van der Waals surface area contributed by atoms with Crippen LogP contribution in [0, 0.1) is 0 Å². The molecule has 0 saturated carbocycles. The number of carbonyl (C=O) groups is 2. The van der Waals surface area contributed by atoms with Gasteiger partial charge in [0.05, 0.1) is 26.1 Å².